The molecule has 1 aliphatic rings. The number of hydrogen-bond donors (Lipinski definition) is 1. The first kappa shape index (κ1) is 20.9. The molecule has 1 aliphatic heterocycles. The molecule has 1 N–H and O–H groups in total. The smallest absolute Gasteiger partial charge is 0.394 e. The van der Waals surface area contributed by atoms with Gasteiger partial charge in [-0.25, -0.2) is 9.97 Å². The second-order valence-corrected chi connectivity index (χ2v) is 5.27. The number of carbonyl (C=O) groups excluding carboxylic acids is 1. The zero-order valence-corrected chi connectivity index (χ0v) is 16.4. The Labute approximate surface area is 163 Å². The Bertz CT molecular complexity index is 636. The summed E-state index contributed by atoms with van der Waals surface area (Å²) in [5.74, 6) is 1.89. The maximum Gasteiger partial charge on any atom is 0.394 e. The first-order chi connectivity index (χ1) is 11.6. The van der Waals surface area contributed by atoms with Crippen molar-refractivity contribution in [1.29, 1.82) is 0 Å². The number of aliphatic hydroxyl groups is 1. The van der Waals surface area contributed by atoms with Gasteiger partial charge in [0.2, 0.25) is 0 Å². The van der Waals surface area contributed by atoms with Crippen molar-refractivity contribution in [2.24, 2.45) is 0 Å². The van der Waals surface area contributed by atoms with Crippen molar-refractivity contribution in [3.63, 3.8) is 0 Å². The quantitative estimate of drug-likeness (QED) is 0.383. The number of anilines is 2. The summed E-state index contributed by atoms with van der Waals surface area (Å²) in [5, 5.41) is 8.36. The maximum absolute atomic E-state index is 10.0. The SMILES string of the molecule is CC(=O)/C=C(/C)O.[B]1N(c2ccccn2)CCN1c1ccccn1.[Pt]. The summed E-state index contributed by atoms with van der Waals surface area (Å²) in [6, 6.07) is 11.9. The van der Waals surface area contributed by atoms with Gasteiger partial charge in [-0.05, 0) is 38.1 Å². The largest absolute Gasteiger partial charge is 0.512 e. The number of hydrogen-bond acceptors (Lipinski definition) is 6. The van der Waals surface area contributed by atoms with Gasteiger partial charge in [0.05, 0.1) is 5.76 Å². The average Bonchev–Trinajstić information content (AvgIpc) is 3.06. The first-order valence-corrected chi connectivity index (χ1v) is 7.64. The number of rotatable bonds is 3. The molecule has 0 spiro atoms. The van der Waals surface area contributed by atoms with E-state index in [0.29, 0.717) is 0 Å². The summed E-state index contributed by atoms with van der Waals surface area (Å²) in [7, 11) is 2.06. The van der Waals surface area contributed by atoms with E-state index in [1.165, 1.54) is 19.9 Å². The van der Waals surface area contributed by atoms with Gasteiger partial charge in [0, 0.05) is 52.6 Å². The Morgan fingerprint density at radius 3 is 1.80 bits per heavy atom. The molecule has 133 valence electrons. The molecule has 1 radical (unpaired) electrons. The Kier molecular flexibility index (Phi) is 8.92. The topological polar surface area (TPSA) is 69.6 Å². The molecule has 25 heavy (non-hydrogen) atoms. The minimum absolute atomic E-state index is 0. The molecule has 2 aromatic heterocycles. The van der Waals surface area contributed by atoms with Crippen LogP contribution in [0.15, 0.2) is 60.6 Å². The van der Waals surface area contributed by atoms with Gasteiger partial charge < -0.3 is 14.7 Å². The summed E-state index contributed by atoms with van der Waals surface area (Å²) in [6.07, 6.45) is 4.79. The minimum Gasteiger partial charge on any atom is -0.512 e. The van der Waals surface area contributed by atoms with Gasteiger partial charge in [-0.1, -0.05) is 12.1 Å². The normalized spacial score (nSPS) is 13.3. The number of pyridine rings is 2. The molecule has 0 saturated carbocycles. The van der Waals surface area contributed by atoms with E-state index in [4.69, 9.17) is 5.11 Å². The second-order valence-electron chi connectivity index (χ2n) is 5.27. The molecule has 0 amide bonds. The average molecular weight is 518 g/mol. The number of carbonyl (C=O) groups is 1. The van der Waals surface area contributed by atoms with Crippen LogP contribution in [0.25, 0.3) is 0 Å². The fourth-order valence-corrected chi connectivity index (χ4v) is 2.19. The Balaban J connectivity index is 0.000000339. The maximum atomic E-state index is 10.0. The van der Waals surface area contributed by atoms with Crippen molar-refractivity contribution in [2.45, 2.75) is 13.8 Å². The van der Waals surface area contributed by atoms with Gasteiger partial charge in [-0.2, -0.15) is 0 Å². The Morgan fingerprint density at radius 1 is 1.04 bits per heavy atom. The third kappa shape index (κ3) is 7.10. The van der Waals surface area contributed by atoms with Gasteiger partial charge >= 0.3 is 7.55 Å². The van der Waals surface area contributed by atoms with Gasteiger partial charge in [-0.3, -0.25) is 4.79 Å². The summed E-state index contributed by atoms with van der Waals surface area (Å²) >= 11 is 0. The molecule has 3 rings (SSSR count). The molecule has 0 aromatic carbocycles. The number of ketones is 1. The summed E-state index contributed by atoms with van der Waals surface area (Å²) in [5.41, 5.74) is 0. The summed E-state index contributed by atoms with van der Waals surface area (Å²) in [6.45, 7) is 4.72. The van der Waals surface area contributed by atoms with Crippen molar-refractivity contribution in [3.8, 4) is 0 Å². The molecule has 2 aromatic rings. The molecule has 0 unspecified atom stereocenters. The van der Waals surface area contributed by atoms with Crippen molar-refractivity contribution in [3.05, 3.63) is 60.6 Å². The predicted octanol–water partition coefficient (Wildman–Crippen LogP) is 2.37. The molecule has 6 nitrogen and oxygen atoms in total. The van der Waals surface area contributed by atoms with E-state index in [1.807, 2.05) is 48.8 Å². The van der Waals surface area contributed by atoms with E-state index in [1.54, 1.807) is 0 Å². The van der Waals surface area contributed by atoms with E-state index in [9.17, 15) is 4.79 Å². The fourth-order valence-electron chi connectivity index (χ4n) is 2.19. The molecule has 1 saturated heterocycles. The van der Waals surface area contributed by atoms with Gasteiger partial charge in [-0.15, -0.1) is 0 Å². The van der Waals surface area contributed by atoms with Crippen LogP contribution in [-0.4, -0.2) is 41.5 Å². The van der Waals surface area contributed by atoms with E-state index < -0.39 is 0 Å². The van der Waals surface area contributed by atoms with Crippen LogP contribution in [-0.2, 0) is 25.9 Å². The third-order valence-corrected chi connectivity index (χ3v) is 3.16. The van der Waals surface area contributed by atoms with Crippen LogP contribution in [0.1, 0.15) is 13.8 Å². The molecular weight excluding hydrogens is 498 g/mol. The first-order valence-electron chi connectivity index (χ1n) is 7.64. The van der Waals surface area contributed by atoms with Crippen molar-refractivity contribution >= 4 is 25.0 Å². The van der Waals surface area contributed by atoms with Gasteiger partial charge in [0.15, 0.2) is 5.78 Å². The van der Waals surface area contributed by atoms with Crippen LogP contribution in [0, 0.1) is 0 Å². The molecule has 0 bridgehead atoms. The van der Waals surface area contributed by atoms with Crippen molar-refractivity contribution < 1.29 is 31.0 Å². The van der Waals surface area contributed by atoms with Crippen LogP contribution in [0.5, 0.6) is 0 Å². The second kappa shape index (κ2) is 10.7. The van der Waals surface area contributed by atoms with E-state index in [-0.39, 0.29) is 32.6 Å². The Morgan fingerprint density at radius 2 is 1.52 bits per heavy atom. The zero-order chi connectivity index (χ0) is 17.4. The number of aromatic nitrogens is 2. The summed E-state index contributed by atoms with van der Waals surface area (Å²) < 4.78 is 0. The Hall–Kier alpha value is -2.14. The molecule has 0 atom stereocenters. The molecule has 1 fully saturated rings. The summed E-state index contributed by atoms with van der Waals surface area (Å²) in [4.78, 5) is 23.0. The fraction of sp³-hybridized carbons (Fsp3) is 0.235. The van der Waals surface area contributed by atoms with E-state index in [2.05, 4.69) is 27.1 Å². The number of aliphatic hydroxyl groups excluding tert-OH is 1. The van der Waals surface area contributed by atoms with E-state index >= 15 is 0 Å². The molecule has 3 heterocycles. The number of allylic oxidation sites excluding steroid dienone is 2. The zero-order valence-electron chi connectivity index (χ0n) is 14.1. The molecule has 8 heteroatoms. The van der Waals surface area contributed by atoms with Crippen LogP contribution in [0.3, 0.4) is 0 Å². The molecular formula is C17H20BN4O2Pt. The molecule has 0 aliphatic carbocycles. The number of nitrogens with zero attached hydrogens (tertiary/aromatic N) is 4. The van der Waals surface area contributed by atoms with Crippen LogP contribution >= 0.6 is 0 Å². The standard InChI is InChI=1S/C12H12BN4.C5H8O2.Pt/c1-3-7-14-11(5-1)16-9-10-17(13-16)12-6-2-4-8-15-12;1-4(6)3-5(2)7;/h1-8H,9-10H2;3,6H,1-2H3;/b;4-3-;. The van der Waals surface area contributed by atoms with E-state index in [0.717, 1.165) is 24.7 Å². The van der Waals surface area contributed by atoms with Crippen LogP contribution in [0.2, 0.25) is 0 Å². The van der Waals surface area contributed by atoms with Crippen molar-refractivity contribution in [1.82, 2.24) is 9.97 Å². The van der Waals surface area contributed by atoms with Gasteiger partial charge in [0.1, 0.15) is 11.6 Å². The van der Waals surface area contributed by atoms with Crippen LogP contribution in [0.4, 0.5) is 11.6 Å². The van der Waals surface area contributed by atoms with Crippen LogP contribution < -0.4 is 9.62 Å². The predicted molar refractivity (Wildman–Crippen MR) is 96.0 cm³/mol. The monoisotopic (exact) mass is 518 g/mol. The van der Waals surface area contributed by atoms with Gasteiger partial charge in [0.25, 0.3) is 0 Å². The minimum atomic E-state index is -0.125. The third-order valence-electron chi connectivity index (χ3n) is 3.16. The van der Waals surface area contributed by atoms with Crippen molar-refractivity contribution in [2.75, 3.05) is 22.7 Å².